The molecular weight excluding hydrogens is 320 g/mol. The number of aryl methyl sites for hydroxylation is 2. The molecule has 0 saturated carbocycles. The van der Waals surface area contributed by atoms with Gasteiger partial charge >= 0.3 is 0 Å². The topological polar surface area (TPSA) is 84.6 Å². The van der Waals surface area contributed by atoms with Gasteiger partial charge in [-0.25, -0.2) is 4.98 Å². The fourth-order valence-electron chi connectivity index (χ4n) is 3.14. The van der Waals surface area contributed by atoms with Crippen molar-refractivity contribution in [3.05, 3.63) is 47.9 Å². The van der Waals surface area contributed by atoms with E-state index in [2.05, 4.69) is 10.3 Å². The van der Waals surface area contributed by atoms with Gasteiger partial charge in [-0.2, -0.15) is 0 Å². The summed E-state index contributed by atoms with van der Waals surface area (Å²) in [5, 5.41) is 13.2. The Hall–Kier alpha value is -3.02. The summed E-state index contributed by atoms with van der Waals surface area (Å²) in [4.78, 5) is 15.9. The maximum absolute atomic E-state index is 12.0. The number of hydrogen-bond acceptors (Lipinski definition) is 5. The number of carbonyl (C=O) groups is 1. The van der Waals surface area contributed by atoms with Crippen LogP contribution in [-0.2, 0) is 17.6 Å². The molecule has 1 aliphatic rings. The van der Waals surface area contributed by atoms with Crippen LogP contribution in [-0.4, -0.2) is 22.6 Å². The Morgan fingerprint density at radius 2 is 2.16 bits per heavy atom. The summed E-state index contributed by atoms with van der Waals surface area (Å²) in [6.07, 6.45) is 5.83. The van der Waals surface area contributed by atoms with E-state index in [0.29, 0.717) is 5.75 Å². The molecule has 0 bridgehead atoms. The third kappa shape index (κ3) is 3.15. The minimum absolute atomic E-state index is 0.0812. The number of carbonyl (C=O) groups excluding carboxylic acids is 1. The van der Waals surface area contributed by atoms with Gasteiger partial charge in [0.2, 0.25) is 0 Å². The maximum Gasteiger partial charge on any atom is 0.263 e. The molecule has 6 heteroatoms. The molecule has 3 aromatic rings. The molecule has 0 aliphatic heterocycles. The number of ether oxygens (including phenoxy) is 1. The molecule has 1 aliphatic carbocycles. The highest BCUT2D eigenvalue weighted by Crippen LogP contribution is 2.33. The minimum Gasteiger partial charge on any atom is -0.504 e. The summed E-state index contributed by atoms with van der Waals surface area (Å²) in [6, 6.07) is 8.64. The van der Waals surface area contributed by atoms with Crippen molar-refractivity contribution < 1.29 is 19.1 Å². The lowest BCUT2D eigenvalue weighted by molar-refractivity contribution is -0.118. The van der Waals surface area contributed by atoms with Crippen LogP contribution in [0.3, 0.4) is 0 Å². The van der Waals surface area contributed by atoms with Gasteiger partial charge in [0, 0.05) is 23.6 Å². The molecule has 0 saturated heterocycles. The van der Waals surface area contributed by atoms with E-state index in [0.717, 1.165) is 36.0 Å². The SMILES string of the molecule is O=C(COc1ccc2oc3c(c2c1)CCCC3)Nc1ncccc1O. The molecule has 0 fully saturated rings. The van der Waals surface area contributed by atoms with Crippen LogP contribution in [0.25, 0.3) is 11.0 Å². The Morgan fingerprint density at radius 1 is 1.28 bits per heavy atom. The average molecular weight is 338 g/mol. The first-order valence-corrected chi connectivity index (χ1v) is 8.31. The molecule has 2 N–H and O–H groups in total. The standard InChI is InChI=1S/C19H18N2O4/c22-15-5-3-9-20-19(15)21-18(23)11-24-12-7-8-17-14(10-12)13-4-1-2-6-16(13)25-17/h3,5,7-10,22H,1-2,4,6,11H2,(H,20,21,23). The van der Waals surface area contributed by atoms with Crippen LogP contribution in [0.1, 0.15) is 24.2 Å². The number of aromatic nitrogens is 1. The fourth-order valence-corrected chi connectivity index (χ4v) is 3.14. The Labute approximate surface area is 144 Å². The van der Waals surface area contributed by atoms with Gasteiger partial charge in [-0.15, -0.1) is 0 Å². The third-order valence-corrected chi connectivity index (χ3v) is 4.34. The monoisotopic (exact) mass is 338 g/mol. The van der Waals surface area contributed by atoms with Crippen molar-refractivity contribution in [2.75, 3.05) is 11.9 Å². The number of pyridine rings is 1. The second-order valence-corrected chi connectivity index (χ2v) is 6.08. The van der Waals surface area contributed by atoms with Gasteiger partial charge < -0.3 is 19.6 Å². The van der Waals surface area contributed by atoms with Gasteiger partial charge in [0.15, 0.2) is 18.2 Å². The number of rotatable bonds is 4. The highest BCUT2D eigenvalue weighted by atomic mass is 16.5. The smallest absolute Gasteiger partial charge is 0.263 e. The molecule has 1 aromatic carbocycles. The Kier molecular flexibility index (Phi) is 4.01. The number of nitrogens with zero attached hydrogens (tertiary/aromatic N) is 1. The van der Waals surface area contributed by atoms with Crippen LogP contribution in [0.2, 0.25) is 0 Å². The lowest BCUT2D eigenvalue weighted by Gasteiger charge is -2.09. The average Bonchev–Trinajstić information content (AvgIpc) is 3.00. The Bertz CT molecular complexity index is 932. The number of benzene rings is 1. The molecular formula is C19H18N2O4. The second kappa shape index (κ2) is 6.47. The molecule has 0 atom stereocenters. The van der Waals surface area contributed by atoms with Crippen LogP contribution in [0.15, 0.2) is 40.9 Å². The van der Waals surface area contributed by atoms with Gasteiger partial charge in [-0.05, 0) is 49.6 Å². The molecule has 128 valence electrons. The van der Waals surface area contributed by atoms with E-state index < -0.39 is 0 Å². The van der Waals surface area contributed by atoms with Crippen LogP contribution < -0.4 is 10.1 Å². The quantitative estimate of drug-likeness (QED) is 0.761. The number of aromatic hydroxyl groups is 1. The lowest BCUT2D eigenvalue weighted by Crippen LogP contribution is -2.20. The van der Waals surface area contributed by atoms with Crippen LogP contribution in [0.5, 0.6) is 11.5 Å². The summed E-state index contributed by atoms with van der Waals surface area (Å²) < 4.78 is 11.5. The summed E-state index contributed by atoms with van der Waals surface area (Å²) in [7, 11) is 0. The molecule has 4 rings (SSSR count). The highest BCUT2D eigenvalue weighted by molar-refractivity contribution is 5.92. The Morgan fingerprint density at radius 3 is 3.04 bits per heavy atom. The van der Waals surface area contributed by atoms with E-state index in [1.807, 2.05) is 12.1 Å². The number of nitrogens with one attached hydrogen (secondary N) is 1. The summed E-state index contributed by atoms with van der Waals surface area (Å²) in [6.45, 7) is -0.165. The third-order valence-electron chi connectivity index (χ3n) is 4.34. The summed E-state index contributed by atoms with van der Waals surface area (Å²) in [5.74, 6) is 1.34. The van der Waals surface area contributed by atoms with E-state index in [-0.39, 0.29) is 24.1 Å². The molecule has 1 amide bonds. The van der Waals surface area contributed by atoms with Crippen molar-refractivity contribution in [2.45, 2.75) is 25.7 Å². The number of anilines is 1. The molecule has 2 heterocycles. The molecule has 6 nitrogen and oxygen atoms in total. The van der Waals surface area contributed by atoms with E-state index in [4.69, 9.17) is 9.15 Å². The minimum atomic E-state index is -0.386. The summed E-state index contributed by atoms with van der Waals surface area (Å²) in [5.41, 5.74) is 2.12. The van der Waals surface area contributed by atoms with Gasteiger partial charge in [-0.3, -0.25) is 4.79 Å². The van der Waals surface area contributed by atoms with Crippen molar-refractivity contribution in [2.24, 2.45) is 0 Å². The summed E-state index contributed by atoms with van der Waals surface area (Å²) >= 11 is 0. The van der Waals surface area contributed by atoms with Crippen molar-refractivity contribution in [1.82, 2.24) is 4.98 Å². The van der Waals surface area contributed by atoms with Crippen LogP contribution in [0.4, 0.5) is 5.82 Å². The van der Waals surface area contributed by atoms with E-state index in [1.165, 1.54) is 24.2 Å². The predicted octanol–water partition coefficient (Wildman–Crippen LogP) is 3.43. The number of furan rings is 1. The number of amides is 1. The lowest BCUT2D eigenvalue weighted by atomic mass is 9.96. The first kappa shape index (κ1) is 15.5. The normalized spacial score (nSPS) is 13.4. The van der Waals surface area contributed by atoms with Crippen LogP contribution in [0, 0.1) is 0 Å². The molecule has 0 radical (unpaired) electrons. The van der Waals surface area contributed by atoms with Crippen molar-refractivity contribution >= 4 is 22.7 Å². The Balaban J connectivity index is 1.46. The van der Waals surface area contributed by atoms with E-state index >= 15 is 0 Å². The first-order valence-electron chi connectivity index (χ1n) is 8.31. The van der Waals surface area contributed by atoms with E-state index in [1.54, 1.807) is 12.1 Å². The van der Waals surface area contributed by atoms with Crippen molar-refractivity contribution in [1.29, 1.82) is 0 Å². The number of hydrogen-bond donors (Lipinski definition) is 2. The van der Waals surface area contributed by atoms with Gasteiger partial charge in [-0.1, -0.05) is 0 Å². The molecule has 2 aromatic heterocycles. The maximum atomic E-state index is 12.0. The second-order valence-electron chi connectivity index (χ2n) is 6.08. The molecule has 25 heavy (non-hydrogen) atoms. The highest BCUT2D eigenvalue weighted by Gasteiger charge is 2.18. The zero-order valence-corrected chi connectivity index (χ0v) is 13.6. The van der Waals surface area contributed by atoms with Gasteiger partial charge in [0.05, 0.1) is 0 Å². The van der Waals surface area contributed by atoms with Gasteiger partial charge in [0.1, 0.15) is 17.1 Å². The largest absolute Gasteiger partial charge is 0.504 e. The molecule has 0 spiro atoms. The van der Waals surface area contributed by atoms with E-state index in [9.17, 15) is 9.90 Å². The molecule has 0 unspecified atom stereocenters. The first-order chi connectivity index (χ1) is 12.2. The fraction of sp³-hybridized carbons (Fsp3) is 0.263. The van der Waals surface area contributed by atoms with Crippen LogP contribution >= 0.6 is 0 Å². The number of fused-ring (bicyclic) bond motifs is 3. The zero-order chi connectivity index (χ0) is 17.2. The van der Waals surface area contributed by atoms with Crippen molar-refractivity contribution in [3.8, 4) is 11.5 Å². The van der Waals surface area contributed by atoms with Crippen molar-refractivity contribution in [3.63, 3.8) is 0 Å². The zero-order valence-electron chi connectivity index (χ0n) is 13.6. The van der Waals surface area contributed by atoms with Gasteiger partial charge in [0.25, 0.3) is 5.91 Å². The predicted molar refractivity (Wildman–Crippen MR) is 92.9 cm³/mol.